The van der Waals surface area contributed by atoms with Gasteiger partial charge in [0.15, 0.2) is 5.96 Å². The lowest BCUT2D eigenvalue weighted by Gasteiger charge is -2.35. The fraction of sp³-hybridized carbons (Fsp3) is 0.720. The number of nitrogens with one attached hydrogen (secondary N) is 2. The molecule has 0 bridgehead atoms. The van der Waals surface area contributed by atoms with Gasteiger partial charge in [-0.1, -0.05) is 18.6 Å². The van der Waals surface area contributed by atoms with Gasteiger partial charge in [0.2, 0.25) is 0 Å². The monoisotopic (exact) mass is 445 g/mol. The predicted molar refractivity (Wildman–Crippen MR) is 132 cm³/mol. The van der Waals surface area contributed by atoms with E-state index in [0.29, 0.717) is 0 Å². The van der Waals surface area contributed by atoms with Crippen molar-refractivity contribution in [1.82, 2.24) is 20.4 Å². The van der Waals surface area contributed by atoms with Crippen LogP contribution in [-0.2, 0) is 4.74 Å². The van der Waals surface area contributed by atoms with E-state index in [0.717, 1.165) is 63.6 Å². The molecule has 0 spiro atoms. The van der Waals surface area contributed by atoms with Gasteiger partial charge in [0.1, 0.15) is 5.75 Å². The predicted octanol–water partition coefficient (Wildman–Crippen LogP) is 2.89. The summed E-state index contributed by atoms with van der Waals surface area (Å²) in [6.07, 6.45) is 6.50. The van der Waals surface area contributed by atoms with E-state index in [1.54, 1.807) is 7.11 Å². The van der Waals surface area contributed by atoms with Crippen LogP contribution in [0.4, 0.5) is 0 Å². The standard InChI is InChI=1S/C25H43N5O2/c1-21-8-4-6-14-29(21)15-7-5-13-27-25(26-2)28-20-24(30-16-18-32-19-17-30)22-9-11-23(31-3)12-10-22/h9-12,21,24H,4-8,13-20H2,1-3H3,(H2,26,27,28). The van der Waals surface area contributed by atoms with Crippen LogP contribution in [0.2, 0.25) is 0 Å². The fourth-order valence-corrected chi connectivity index (χ4v) is 4.72. The number of hydrogen-bond donors (Lipinski definition) is 2. The first-order valence-corrected chi connectivity index (χ1v) is 12.4. The Bertz CT molecular complexity index is 675. The Labute approximate surface area is 194 Å². The smallest absolute Gasteiger partial charge is 0.191 e. The van der Waals surface area contributed by atoms with Crippen molar-refractivity contribution in [1.29, 1.82) is 0 Å². The van der Waals surface area contributed by atoms with E-state index in [1.807, 2.05) is 19.2 Å². The maximum Gasteiger partial charge on any atom is 0.191 e. The highest BCUT2D eigenvalue weighted by Crippen LogP contribution is 2.23. The van der Waals surface area contributed by atoms with Gasteiger partial charge in [-0.05, 0) is 63.4 Å². The van der Waals surface area contributed by atoms with Gasteiger partial charge >= 0.3 is 0 Å². The number of morpholine rings is 1. The van der Waals surface area contributed by atoms with Gasteiger partial charge in [0, 0.05) is 39.3 Å². The molecule has 2 N–H and O–H groups in total. The second-order valence-electron chi connectivity index (χ2n) is 8.91. The number of aliphatic imine (C=N–C) groups is 1. The Balaban J connectivity index is 1.45. The first kappa shape index (κ1) is 24.8. The van der Waals surface area contributed by atoms with Crippen molar-refractivity contribution in [3.63, 3.8) is 0 Å². The second-order valence-corrected chi connectivity index (χ2v) is 8.91. The topological polar surface area (TPSA) is 61.4 Å². The SMILES string of the molecule is CN=C(NCCCCN1CCCCC1C)NCC(c1ccc(OC)cc1)N1CCOCC1. The summed E-state index contributed by atoms with van der Waals surface area (Å²) in [5.41, 5.74) is 1.28. The van der Waals surface area contributed by atoms with Gasteiger partial charge in [-0.3, -0.25) is 9.89 Å². The lowest BCUT2D eigenvalue weighted by Crippen LogP contribution is -2.46. The molecule has 0 radical (unpaired) electrons. The molecule has 2 atom stereocenters. The number of nitrogens with zero attached hydrogens (tertiary/aromatic N) is 3. The van der Waals surface area contributed by atoms with Crippen molar-refractivity contribution in [2.24, 2.45) is 4.99 Å². The highest BCUT2D eigenvalue weighted by molar-refractivity contribution is 5.79. The number of likely N-dealkylation sites (tertiary alicyclic amines) is 1. The van der Waals surface area contributed by atoms with Crippen molar-refractivity contribution in [2.75, 3.05) is 66.6 Å². The molecule has 1 aromatic rings. The maximum absolute atomic E-state index is 5.57. The average Bonchev–Trinajstić information content (AvgIpc) is 2.84. The quantitative estimate of drug-likeness (QED) is 0.328. The minimum absolute atomic E-state index is 0.268. The number of unbranched alkanes of at least 4 members (excludes halogenated alkanes) is 1. The van der Waals surface area contributed by atoms with E-state index >= 15 is 0 Å². The van der Waals surface area contributed by atoms with Crippen LogP contribution in [0.1, 0.15) is 50.6 Å². The normalized spacial score (nSPS) is 21.8. The molecular formula is C25H43N5O2. The molecule has 2 heterocycles. The van der Waals surface area contributed by atoms with E-state index in [2.05, 4.69) is 44.5 Å². The van der Waals surface area contributed by atoms with E-state index < -0.39 is 0 Å². The number of ether oxygens (including phenoxy) is 2. The maximum atomic E-state index is 5.57. The summed E-state index contributed by atoms with van der Waals surface area (Å²) in [6, 6.07) is 9.43. The number of rotatable bonds is 10. The van der Waals surface area contributed by atoms with Gasteiger partial charge in [-0.25, -0.2) is 0 Å². The average molecular weight is 446 g/mol. The summed E-state index contributed by atoms with van der Waals surface area (Å²) < 4.78 is 10.9. The molecule has 2 aliphatic heterocycles. The molecule has 180 valence electrons. The third-order valence-electron chi connectivity index (χ3n) is 6.78. The van der Waals surface area contributed by atoms with Crippen LogP contribution in [0, 0.1) is 0 Å². The van der Waals surface area contributed by atoms with Crippen molar-refractivity contribution in [2.45, 2.75) is 51.1 Å². The molecule has 2 saturated heterocycles. The molecule has 0 saturated carbocycles. The summed E-state index contributed by atoms with van der Waals surface area (Å²) >= 11 is 0. The first-order chi connectivity index (χ1) is 15.7. The largest absolute Gasteiger partial charge is 0.497 e. The third-order valence-corrected chi connectivity index (χ3v) is 6.78. The lowest BCUT2D eigenvalue weighted by atomic mass is 10.0. The van der Waals surface area contributed by atoms with E-state index in [-0.39, 0.29) is 6.04 Å². The molecule has 0 aliphatic carbocycles. The van der Waals surface area contributed by atoms with Gasteiger partial charge in [0.05, 0.1) is 26.4 Å². The molecule has 1 aromatic carbocycles. The van der Waals surface area contributed by atoms with Gasteiger partial charge in [0.25, 0.3) is 0 Å². The lowest BCUT2D eigenvalue weighted by molar-refractivity contribution is 0.0170. The van der Waals surface area contributed by atoms with Crippen LogP contribution in [0.25, 0.3) is 0 Å². The minimum Gasteiger partial charge on any atom is -0.497 e. The Morgan fingerprint density at radius 2 is 1.91 bits per heavy atom. The molecule has 7 nitrogen and oxygen atoms in total. The Kier molecular flexibility index (Phi) is 10.6. The molecule has 3 rings (SSSR count). The van der Waals surface area contributed by atoms with Gasteiger partial charge in [-0.2, -0.15) is 0 Å². The first-order valence-electron chi connectivity index (χ1n) is 12.4. The molecule has 2 fully saturated rings. The molecule has 7 heteroatoms. The molecule has 2 aliphatic rings. The Morgan fingerprint density at radius 3 is 2.59 bits per heavy atom. The van der Waals surface area contributed by atoms with E-state index in [9.17, 15) is 0 Å². The van der Waals surface area contributed by atoms with Crippen molar-refractivity contribution in [3.05, 3.63) is 29.8 Å². The summed E-state index contributed by atoms with van der Waals surface area (Å²) in [5, 5.41) is 7.06. The minimum atomic E-state index is 0.268. The molecule has 32 heavy (non-hydrogen) atoms. The molecule has 0 aromatic heterocycles. The van der Waals surface area contributed by atoms with Crippen LogP contribution >= 0.6 is 0 Å². The second kappa shape index (κ2) is 13.7. The van der Waals surface area contributed by atoms with E-state index in [4.69, 9.17) is 9.47 Å². The number of guanidine groups is 1. The zero-order chi connectivity index (χ0) is 22.6. The van der Waals surface area contributed by atoms with Crippen LogP contribution < -0.4 is 15.4 Å². The fourth-order valence-electron chi connectivity index (χ4n) is 4.72. The highest BCUT2D eigenvalue weighted by Gasteiger charge is 2.23. The van der Waals surface area contributed by atoms with Gasteiger partial charge in [-0.15, -0.1) is 0 Å². The molecular weight excluding hydrogens is 402 g/mol. The molecule has 2 unspecified atom stereocenters. The molecule has 0 amide bonds. The summed E-state index contributed by atoms with van der Waals surface area (Å²) in [5.74, 6) is 1.77. The summed E-state index contributed by atoms with van der Waals surface area (Å²) in [7, 11) is 3.56. The van der Waals surface area contributed by atoms with Gasteiger partial charge < -0.3 is 25.0 Å². The van der Waals surface area contributed by atoms with Crippen LogP contribution in [-0.4, -0.2) is 88.4 Å². The highest BCUT2D eigenvalue weighted by atomic mass is 16.5. The Morgan fingerprint density at radius 1 is 1.12 bits per heavy atom. The Hall–Kier alpha value is -1.83. The summed E-state index contributed by atoms with van der Waals surface area (Å²) in [6.45, 7) is 10.1. The van der Waals surface area contributed by atoms with Crippen LogP contribution in [0.5, 0.6) is 5.75 Å². The summed E-state index contributed by atoms with van der Waals surface area (Å²) in [4.78, 5) is 9.59. The number of piperidine rings is 1. The van der Waals surface area contributed by atoms with Crippen molar-refractivity contribution in [3.8, 4) is 5.75 Å². The zero-order valence-corrected chi connectivity index (χ0v) is 20.3. The third kappa shape index (κ3) is 7.64. The van der Waals surface area contributed by atoms with Crippen LogP contribution in [0.15, 0.2) is 29.3 Å². The zero-order valence-electron chi connectivity index (χ0n) is 20.3. The number of benzene rings is 1. The number of hydrogen-bond acceptors (Lipinski definition) is 5. The van der Waals surface area contributed by atoms with Crippen molar-refractivity contribution < 1.29 is 9.47 Å². The van der Waals surface area contributed by atoms with Crippen LogP contribution in [0.3, 0.4) is 0 Å². The number of methoxy groups -OCH3 is 1. The van der Waals surface area contributed by atoms with Crippen molar-refractivity contribution >= 4 is 5.96 Å². The van der Waals surface area contributed by atoms with E-state index in [1.165, 1.54) is 44.3 Å².